The van der Waals surface area contributed by atoms with E-state index >= 15 is 8.78 Å². The predicted octanol–water partition coefficient (Wildman–Crippen LogP) is 6.05. The third-order valence-corrected chi connectivity index (χ3v) is 5.91. The third kappa shape index (κ3) is 3.95. The van der Waals surface area contributed by atoms with Gasteiger partial charge < -0.3 is 0 Å². The summed E-state index contributed by atoms with van der Waals surface area (Å²) in [6.45, 7) is 17.5. The van der Waals surface area contributed by atoms with E-state index in [9.17, 15) is 0 Å². The summed E-state index contributed by atoms with van der Waals surface area (Å²) < 4.78 is 34.7. The Labute approximate surface area is 183 Å². The predicted molar refractivity (Wildman–Crippen MR) is 119 cm³/mol. The number of rotatable bonds is 4. The summed E-state index contributed by atoms with van der Waals surface area (Å²) in [7, 11) is 3.66. The fourth-order valence-electron chi connectivity index (χ4n) is 3.88. The molecule has 1 aromatic carbocycles. The molecule has 2 aromatic heterocycles. The molecule has 3 nitrogen and oxygen atoms in total. The molecule has 0 spiro atoms. The Morgan fingerprint density at radius 2 is 1.19 bits per heavy atom. The Morgan fingerprint density at radius 3 is 1.52 bits per heavy atom. The number of nitrogens with zero attached hydrogens (tertiary/aromatic N) is 3. The number of aromatic nitrogens is 2. The maximum absolute atomic E-state index is 15.5. The highest BCUT2D eigenvalue weighted by atomic mass is 19.1. The zero-order valence-electron chi connectivity index (χ0n) is 19.2. The summed E-state index contributed by atoms with van der Waals surface area (Å²) in [4.78, 5) is 3.24. The van der Waals surface area contributed by atoms with Gasteiger partial charge in [-0.1, -0.05) is 27.7 Å². The molecule has 3 aromatic rings. The van der Waals surface area contributed by atoms with Crippen molar-refractivity contribution >= 4 is 5.69 Å². The fraction of sp³-hybridized carbons (Fsp3) is 0.346. The number of halogens is 2. The van der Waals surface area contributed by atoms with Gasteiger partial charge in [-0.25, -0.2) is 22.8 Å². The van der Waals surface area contributed by atoms with Crippen LogP contribution in [0.4, 0.5) is 14.5 Å². The zero-order valence-corrected chi connectivity index (χ0v) is 19.2. The summed E-state index contributed by atoms with van der Waals surface area (Å²) in [5.41, 5.74) is 3.79. The molecule has 0 N–H and O–H groups in total. The van der Waals surface area contributed by atoms with E-state index in [0.717, 1.165) is 11.1 Å². The van der Waals surface area contributed by atoms with Crippen molar-refractivity contribution in [1.82, 2.24) is 0 Å². The van der Waals surface area contributed by atoms with Gasteiger partial charge in [-0.05, 0) is 35.4 Å². The molecule has 0 fully saturated rings. The lowest BCUT2D eigenvalue weighted by molar-refractivity contribution is -0.660. The number of hydrogen-bond acceptors (Lipinski definition) is 0. The normalized spacial score (nSPS) is 11.3. The summed E-state index contributed by atoms with van der Waals surface area (Å²) in [5, 5.41) is 0. The van der Waals surface area contributed by atoms with E-state index in [1.807, 2.05) is 59.9 Å². The molecule has 5 heteroatoms. The van der Waals surface area contributed by atoms with Crippen LogP contribution in [-0.4, -0.2) is 0 Å². The molecule has 0 amide bonds. The maximum atomic E-state index is 15.5. The summed E-state index contributed by atoms with van der Waals surface area (Å²) in [6, 6.07) is 7.84. The monoisotopic (exact) mass is 421 g/mol. The van der Waals surface area contributed by atoms with Crippen LogP contribution < -0.4 is 9.13 Å². The van der Waals surface area contributed by atoms with Crippen molar-refractivity contribution < 1.29 is 17.9 Å². The first kappa shape index (κ1) is 22.6. The summed E-state index contributed by atoms with van der Waals surface area (Å²) >= 11 is 0. The molecular weight excluding hydrogens is 392 g/mol. The average molecular weight is 422 g/mol. The van der Waals surface area contributed by atoms with E-state index in [4.69, 9.17) is 6.57 Å². The van der Waals surface area contributed by atoms with Gasteiger partial charge in [0.25, 0.3) is 5.69 Å². The van der Waals surface area contributed by atoms with Crippen LogP contribution in [0.25, 0.3) is 27.4 Å². The van der Waals surface area contributed by atoms with Crippen molar-refractivity contribution in [3.63, 3.8) is 0 Å². The molecule has 0 atom stereocenters. The number of hydrogen-bond donors (Lipinski definition) is 0. The second-order valence-electron chi connectivity index (χ2n) is 8.69. The van der Waals surface area contributed by atoms with Gasteiger partial charge in [0.05, 0.1) is 17.7 Å². The summed E-state index contributed by atoms with van der Waals surface area (Å²) in [6.07, 6.45) is 3.76. The Morgan fingerprint density at radius 1 is 0.806 bits per heavy atom. The fourth-order valence-corrected chi connectivity index (χ4v) is 3.88. The van der Waals surface area contributed by atoms with Gasteiger partial charge in [0, 0.05) is 24.3 Å². The van der Waals surface area contributed by atoms with Gasteiger partial charge in [-0.3, -0.25) is 0 Å². The highest BCUT2D eigenvalue weighted by Crippen LogP contribution is 2.41. The second-order valence-corrected chi connectivity index (χ2v) is 8.69. The van der Waals surface area contributed by atoms with Gasteiger partial charge in [0.15, 0.2) is 12.4 Å². The molecule has 0 aliphatic heterocycles. The van der Waals surface area contributed by atoms with Gasteiger partial charge >= 0.3 is 0 Å². The highest BCUT2D eigenvalue weighted by molar-refractivity contribution is 5.80. The van der Waals surface area contributed by atoms with Gasteiger partial charge in [0.1, 0.15) is 25.7 Å². The lowest BCUT2D eigenvalue weighted by Gasteiger charge is -2.15. The lowest BCUT2D eigenvalue weighted by atomic mass is 9.91. The van der Waals surface area contributed by atoms with E-state index in [1.165, 1.54) is 0 Å². The van der Waals surface area contributed by atoms with Crippen LogP contribution in [0.5, 0.6) is 0 Å². The Hall–Kier alpha value is -3.13. The minimum absolute atomic E-state index is 0.254. The molecule has 3 rings (SSSR count). The molecular formula is C26H29F2N3+2. The third-order valence-electron chi connectivity index (χ3n) is 5.91. The molecule has 0 aliphatic rings. The first-order chi connectivity index (χ1) is 14.6. The SMILES string of the molecule is [C-]#[N+]c1c(F)c(-c2cc(C(C)C)cc[n+]2C)c(C)c(-c2cc(C(C)C)cc[n+]2C)c1F. The minimum atomic E-state index is -0.812. The summed E-state index contributed by atoms with van der Waals surface area (Å²) in [5.74, 6) is -1.12. The van der Waals surface area contributed by atoms with Crippen LogP contribution in [0.2, 0.25) is 0 Å². The first-order valence-corrected chi connectivity index (χ1v) is 10.5. The molecule has 0 bridgehead atoms. The second kappa shape index (κ2) is 8.55. The molecule has 0 saturated carbocycles. The van der Waals surface area contributed by atoms with Crippen molar-refractivity contribution in [2.75, 3.05) is 0 Å². The maximum Gasteiger partial charge on any atom is 0.258 e. The van der Waals surface area contributed by atoms with E-state index < -0.39 is 17.3 Å². The average Bonchev–Trinajstić information content (AvgIpc) is 2.70. The van der Waals surface area contributed by atoms with Gasteiger partial charge in [-0.2, -0.15) is 0 Å². The van der Waals surface area contributed by atoms with Crippen molar-refractivity contribution in [2.45, 2.75) is 46.5 Å². The minimum Gasteiger partial charge on any atom is -0.232 e. The molecule has 0 saturated heterocycles. The van der Waals surface area contributed by atoms with Crippen LogP contribution in [0.3, 0.4) is 0 Å². The lowest BCUT2D eigenvalue weighted by Crippen LogP contribution is -2.32. The molecule has 31 heavy (non-hydrogen) atoms. The molecule has 0 radical (unpaired) electrons. The smallest absolute Gasteiger partial charge is 0.232 e. The van der Waals surface area contributed by atoms with Gasteiger partial charge in [0.2, 0.25) is 11.4 Å². The molecule has 160 valence electrons. The Kier molecular flexibility index (Phi) is 6.22. The molecule has 0 unspecified atom stereocenters. The molecule has 0 aliphatic carbocycles. The Bertz CT molecular complexity index is 1120. The van der Waals surface area contributed by atoms with E-state index in [0.29, 0.717) is 17.0 Å². The Balaban J connectivity index is 2.45. The zero-order chi connectivity index (χ0) is 23.0. The van der Waals surface area contributed by atoms with E-state index in [1.54, 1.807) is 6.92 Å². The van der Waals surface area contributed by atoms with E-state index in [-0.39, 0.29) is 23.0 Å². The van der Waals surface area contributed by atoms with Gasteiger partial charge in [-0.15, -0.1) is 0 Å². The standard InChI is InChI=1S/C26H29F2N3/c1-15(2)18-9-11-30(7)20(13-18)22-17(5)23(25(28)26(29-6)24(22)27)21-14-19(16(3)4)10-12-31(21)8/h9-16H,1-5,7-8H3/q+2. The largest absolute Gasteiger partial charge is 0.258 e. The van der Waals surface area contributed by atoms with E-state index in [2.05, 4.69) is 32.5 Å². The van der Waals surface area contributed by atoms with Crippen molar-refractivity contribution in [2.24, 2.45) is 14.1 Å². The quantitative estimate of drug-likeness (QED) is 0.359. The van der Waals surface area contributed by atoms with Crippen LogP contribution in [0.1, 0.15) is 56.2 Å². The van der Waals surface area contributed by atoms with Crippen LogP contribution in [-0.2, 0) is 14.1 Å². The topological polar surface area (TPSA) is 12.1 Å². The van der Waals surface area contributed by atoms with Crippen molar-refractivity contribution in [3.05, 3.63) is 76.4 Å². The first-order valence-electron chi connectivity index (χ1n) is 10.5. The number of aryl methyl sites for hydroxylation is 2. The highest BCUT2D eigenvalue weighted by Gasteiger charge is 2.31. The number of pyridine rings is 2. The molecule has 2 heterocycles. The van der Waals surface area contributed by atoms with Crippen LogP contribution in [0, 0.1) is 25.1 Å². The number of benzene rings is 1. The van der Waals surface area contributed by atoms with Crippen molar-refractivity contribution in [3.8, 4) is 22.5 Å². The van der Waals surface area contributed by atoms with Crippen LogP contribution >= 0.6 is 0 Å². The van der Waals surface area contributed by atoms with Crippen LogP contribution in [0.15, 0.2) is 36.7 Å². The van der Waals surface area contributed by atoms with Crippen molar-refractivity contribution in [1.29, 1.82) is 0 Å².